The lowest BCUT2D eigenvalue weighted by Gasteiger charge is -2.34. The number of guanidine groups is 1. The molecule has 1 heterocycles. The lowest BCUT2D eigenvalue weighted by molar-refractivity contribution is -0.119. The number of carbonyl (C=O) groups is 1. The van der Waals surface area contributed by atoms with Gasteiger partial charge >= 0.3 is 0 Å². The highest BCUT2D eigenvalue weighted by molar-refractivity contribution is 14.0. The van der Waals surface area contributed by atoms with E-state index in [9.17, 15) is 4.79 Å². The molecule has 4 N–H and O–H groups in total. The maximum Gasteiger partial charge on any atom is 0.255 e. The molecule has 0 aromatic heterocycles. The molecule has 2 rings (SSSR count). The highest BCUT2D eigenvalue weighted by Crippen LogP contribution is 2.17. The summed E-state index contributed by atoms with van der Waals surface area (Å²) in [7, 11) is 1.79. The molecule has 1 saturated heterocycles. The Morgan fingerprint density at radius 1 is 1.20 bits per heavy atom. The summed E-state index contributed by atoms with van der Waals surface area (Å²) in [4.78, 5) is 17.9. The highest BCUT2D eigenvalue weighted by Gasteiger charge is 2.22. The quantitative estimate of drug-likeness (QED) is 0.259. The minimum absolute atomic E-state index is 0. The number of nitrogens with two attached hydrogens (primary N) is 1. The summed E-state index contributed by atoms with van der Waals surface area (Å²) in [5.41, 5.74) is 6.18. The third kappa shape index (κ3) is 9.51. The average Bonchev–Trinajstić information content (AvgIpc) is 2.98. The predicted octanol–water partition coefficient (Wildman–Crippen LogP) is 2.73. The first-order chi connectivity index (χ1) is 14.0. The van der Waals surface area contributed by atoms with Crippen molar-refractivity contribution >= 4 is 35.8 Å². The summed E-state index contributed by atoms with van der Waals surface area (Å²) < 4.78 is 5.37. The summed E-state index contributed by atoms with van der Waals surface area (Å²) in [6.07, 6.45) is 5.29. The molecule has 0 radical (unpaired) electrons. The second-order valence-electron chi connectivity index (χ2n) is 7.97. The summed E-state index contributed by atoms with van der Waals surface area (Å²) in [6.45, 7) is 8.34. The molecule has 1 unspecified atom stereocenters. The van der Waals surface area contributed by atoms with Gasteiger partial charge in [0.2, 0.25) is 0 Å². The number of benzene rings is 1. The van der Waals surface area contributed by atoms with Crippen LogP contribution >= 0.6 is 24.0 Å². The number of amides is 1. The second kappa shape index (κ2) is 14.5. The summed E-state index contributed by atoms with van der Waals surface area (Å²) >= 11 is 0. The summed E-state index contributed by atoms with van der Waals surface area (Å²) in [5.74, 6) is 1.51. The molecule has 0 saturated carbocycles. The zero-order valence-corrected chi connectivity index (χ0v) is 20.9. The fraction of sp³-hybridized carbons (Fsp3) is 0.636. The molecule has 1 aliphatic heterocycles. The maximum absolute atomic E-state index is 10.9. The van der Waals surface area contributed by atoms with Crippen LogP contribution in [0.25, 0.3) is 0 Å². The molecule has 170 valence electrons. The van der Waals surface area contributed by atoms with Crippen LogP contribution in [0.4, 0.5) is 0 Å². The molecule has 1 fully saturated rings. The van der Waals surface area contributed by atoms with Gasteiger partial charge in [-0.15, -0.1) is 24.0 Å². The number of carbonyl (C=O) groups excluding carboxylic acids is 1. The van der Waals surface area contributed by atoms with Gasteiger partial charge in [-0.3, -0.25) is 14.7 Å². The Bertz CT molecular complexity index is 661. The molecule has 0 bridgehead atoms. The standard InChI is InChI=1S/C22H37N5O2.HI/c1-17(2)20(27-11-6-4-5-7-12-27)15-26-22(24-3)25-14-18-9-8-10-19(13-18)29-16-21(23)28;/h8-10,13,17,20H,4-7,11-12,14-16H2,1-3H3,(H2,23,28)(H2,24,25,26);1H. The van der Waals surface area contributed by atoms with Crippen LogP contribution in [0.3, 0.4) is 0 Å². The van der Waals surface area contributed by atoms with Crippen molar-refractivity contribution < 1.29 is 9.53 Å². The van der Waals surface area contributed by atoms with Crippen molar-refractivity contribution in [2.24, 2.45) is 16.6 Å². The van der Waals surface area contributed by atoms with Gasteiger partial charge in [0.1, 0.15) is 5.75 Å². The van der Waals surface area contributed by atoms with Gasteiger partial charge in [0.25, 0.3) is 5.91 Å². The third-order valence-electron chi connectivity index (χ3n) is 5.32. The number of aliphatic imine (C=N–C) groups is 1. The molecular formula is C22H38IN5O2. The van der Waals surface area contributed by atoms with E-state index < -0.39 is 5.91 Å². The minimum Gasteiger partial charge on any atom is -0.484 e. The number of primary amides is 1. The molecular weight excluding hydrogens is 493 g/mol. The van der Waals surface area contributed by atoms with Gasteiger partial charge < -0.3 is 21.1 Å². The Hall–Kier alpha value is -1.55. The molecule has 1 aromatic rings. The largest absolute Gasteiger partial charge is 0.484 e. The first-order valence-electron chi connectivity index (χ1n) is 10.7. The predicted molar refractivity (Wildman–Crippen MR) is 133 cm³/mol. The van der Waals surface area contributed by atoms with E-state index in [0.717, 1.165) is 18.1 Å². The number of hydrogen-bond acceptors (Lipinski definition) is 4. The average molecular weight is 531 g/mol. The van der Waals surface area contributed by atoms with Crippen molar-refractivity contribution in [1.82, 2.24) is 15.5 Å². The van der Waals surface area contributed by atoms with Crippen molar-refractivity contribution in [3.05, 3.63) is 29.8 Å². The van der Waals surface area contributed by atoms with Crippen LogP contribution in [0.15, 0.2) is 29.3 Å². The third-order valence-corrected chi connectivity index (χ3v) is 5.32. The normalized spacial score (nSPS) is 16.3. The van der Waals surface area contributed by atoms with Gasteiger partial charge in [0.15, 0.2) is 12.6 Å². The van der Waals surface area contributed by atoms with E-state index in [4.69, 9.17) is 10.5 Å². The lowest BCUT2D eigenvalue weighted by Crippen LogP contribution is -2.49. The van der Waals surface area contributed by atoms with Gasteiger partial charge in [-0.2, -0.15) is 0 Å². The van der Waals surface area contributed by atoms with Crippen molar-refractivity contribution in [3.63, 3.8) is 0 Å². The summed E-state index contributed by atoms with van der Waals surface area (Å²) in [6, 6.07) is 8.12. The Labute approximate surface area is 198 Å². The van der Waals surface area contributed by atoms with E-state index >= 15 is 0 Å². The number of nitrogens with one attached hydrogen (secondary N) is 2. The second-order valence-corrected chi connectivity index (χ2v) is 7.97. The molecule has 1 aliphatic rings. The van der Waals surface area contributed by atoms with Crippen LogP contribution in [0, 0.1) is 5.92 Å². The van der Waals surface area contributed by atoms with Crippen LogP contribution in [0.5, 0.6) is 5.75 Å². The number of halogens is 1. The number of hydrogen-bond donors (Lipinski definition) is 3. The Morgan fingerprint density at radius 2 is 1.90 bits per heavy atom. The van der Waals surface area contributed by atoms with E-state index in [-0.39, 0.29) is 30.6 Å². The number of nitrogens with zero attached hydrogens (tertiary/aromatic N) is 2. The van der Waals surface area contributed by atoms with Gasteiger partial charge in [-0.1, -0.05) is 38.8 Å². The Kier molecular flexibility index (Phi) is 12.8. The molecule has 1 aromatic carbocycles. The van der Waals surface area contributed by atoms with Crippen molar-refractivity contribution in [1.29, 1.82) is 0 Å². The van der Waals surface area contributed by atoms with E-state index in [1.807, 2.05) is 24.3 Å². The van der Waals surface area contributed by atoms with E-state index in [2.05, 4.69) is 34.4 Å². The molecule has 0 aliphatic carbocycles. The van der Waals surface area contributed by atoms with Crippen molar-refractivity contribution in [2.75, 3.05) is 33.3 Å². The molecule has 1 amide bonds. The maximum atomic E-state index is 10.9. The molecule has 1 atom stereocenters. The smallest absolute Gasteiger partial charge is 0.255 e. The van der Waals surface area contributed by atoms with Crippen LogP contribution in [0.2, 0.25) is 0 Å². The fourth-order valence-electron chi connectivity index (χ4n) is 3.72. The first-order valence-corrected chi connectivity index (χ1v) is 10.7. The number of ether oxygens (including phenoxy) is 1. The van der Waals surface area contributed by atoms with Crippen LogP contribution in [0.1, 0.15) is 45.1 Å². The van der Waals surface area contributed by atoms with E-state index in [1.165, 1.54) is 38.8 Å². The van der Waals surface area contributed by atoms with E-state index in [1.54, 1.807) is 7.05 Å². The van der Waals surface area contributed by atoms with Gasteiger partial charge in [-0.25, -0.2) is 0 Å². The van der Waals surface area contributed by atoms with Gasteiger partial charge in [-0.05, 0) is 49.5 Å². The Balaban J connectivity index is 0.00000450. The topological polar surface area (TPSA) is 92.0 Å². The SMILES string of the molecule is CN=C(NCc1cccc(OCC(N)=O)c1)NCC(C(C)C)N1CCCCCC1.I. The molecule has 30 heavy (non-hydrogen) atoms. The molecule has 7 nitrogen and oxygen atoms in total. The summed E-state index contributed by atoms with van der Waals surface area (Å²) in [5, 5.41) is 6.86. The lowest BCUT2D eigenvalue weighted by atomic mass is 10.0. The van der Waals surface area contributed by atoms with Crippen molar-refractivity contribution in [3.8, 4) is 5.75 Å². The zero-order chi connectivity index (χ0) is 21.1. The minimum atomic E-state index is -0.484. The van der Waals surface area contributed by atoms with E-state index in [0.29, 0.717) is 24.3 Å². The molecule has 0 spiro atoms. The molecule has 8 heteroatoms. The van der Waals surface area contributed by atoms with Crippen LogP contribution < -0.4 is 21.1 Å². The number of likely N-dealkylation sites (tertiary alicyclic amines) is 1. The van der Waals surface area contributed by atoms with Gasteiger partial charge in [0.05, 0.1) is 0 Å². The highest BCUT2D eigenvalue weighted by atomic mass is 127. The van der Waals surface area contributed by atoms with Crippen molar-refractivity contribution in [2.45, 2.75) is 52.1 Å². The Morgan fingerprint density at radius 3 is 2.50 bits per heavy atom. The monoisotopic (exact) mass is 531 g/mol. The van der Waals surface area contributed by atoms with Gasteiger partial charge in [0, 0.05) is 26.2 Å². The zero-order valence-electron chi connectivity index (χ0n) is 18.5. The van der Waals surface area contributed by atoms with Crippen LogP contribution in [-0.2, 0) is 11.3 Å². The first kappa shape index (κ1) is 26.5. The fourth-order valence-corrected chi connectivity index (χ4v) is 3.72. The van der Waals surface area contributed by atoms with Crippen LogP contribution in [-0.4, -0.2) is 56.1 Å². The number of rotatable bonds is 9.